The minimum absolute atomic E-state index is 0.109. The first-order valence-electron chi connectivity index (χ1n) is 10.4. The Hall–Kier alpha value is -3.71. The number of hydrogen-bond donors (Lipinski definition) is 0. The van der Waals surface area contributed by atoms with Crippen molar-refractivity contribution in [2.24, 2.45) is 0 Å². The van der Waals surface area contributed by atoms with Crippen LogP contribution in [0.4, 0.5) is 0 Å². The van der Waals surface area contributed by atoms with Gasteiger partial charge < -0.3 is 4.74 Å². The number of pyridine rings is 1. The molecule has 0 aliphatic rings. The first kappa shape index (κ1) is 22.5. The fourth-order valence-corrected chi connectivity index (χ4v) is 3.68. The summed E-state index contributed by atoms with van der Waals surface area (Å²) in [5.74, 6) is -0.529. The zero-order valence-electron chi connectivity index (χ0n) is 18.6. The van der Waals surface area contributed by atoms with Crippen LogP contribution in [0.1, 0.15) is 33.8 Å². The van der Waals surface area contributed by atoms with Crippen molar-refractivity contribution in [3.8, 4) is 0 Å². The SMILES string of the molecule is Cc1ccc(Cn2nc(C)c(/C=C/C(=O)OCc3cc(=O)n4cc(Cl)ccc4n3)c2C)cc1. The van der Waals surface area contributed by atoms with Crippen molar-refractivity contribution < 1.29 is 9.53 Å². The molecule has 3 heterocycles. The van der Waals surface area contributed by atoms with Gasteiger partial charge in [0.2, 0.25) is 0 Å². The van der Waals surface area contributed by atoms with Crippen LogP contribution in [0.15, 0.2) is 59.5 Å². The van der Waals surface area contributed by atoms with E-state index in [1.807, 2.05) is 18.5 Å². The number of fused-ring (bicyclic) bond motifs is 1. The van der Waals surface area contributed by atoms with Crippen LogP contribution < -0.4 is 5.56 Å². The molecule has 0 fully saturated rings. The van der Waals surface area contributed by atoms with E-state index < -0.39 is 5.97 Å². The highest BCUT2D eigenvalue weighted by Crippen LogP contribution is 2.17. The molecule has 0 saturated carbocycles. The summed E-state index contributed by atoms with van der Waals surface area (Å²) in [7, 11) is 0. The summed E-state index contributed by atoms with van der Waals surface area (Å²) in [6, 6.07) is 12.9. The number of esters is 1. The maximum Gasteiger partial charge on any atom is 0.331 e. The molecule has 168 valence electrons. The Morgan fingerprint density at radius 2 is 1.88 bits per heavy atom. The summed E-state index contributed by atoms with van der Waals surface area (Å²) in [6.07, 6.45) is 4.56. The molecule has 0 bridgehead atoms. The lowest BCUT2D eigenvalue weighted by Crippen LogP contribution is -2.16. The van der Waals surface area contributed by atoms with Crippen LogP contribution in [0, 0.1) is 20.8 Å². The van der Waals surface area contributed by atoms with Gasteiger partial charge in [-0.05, 0) is 44.5 Å². The lowest BCUT2D eigenvalue weighted by Gasteiger charge is -2.06. The molecule has 0 amide bonds. The van der Waals surface area contributed by atoms with E-state index in [2.05, 4.69) is 41.3 Å². The zero-order chi connectivity index (χ0) is 23.5. The third kappa shape index (κ3) is 5.21. The van der Waals surface area contributed by atoms with Crippen LogP contribution in [-0.2, 0) is 22.7 Å². The maximum absolute atomic E-state index is 12.3. The number of ether oxygens (including phenoxy) is 1. The van der Waals surface area contributed by atoms with Crippen LogP contribution >= 0.6 is 11.6 Å². The quantitative estimate of drug-likeness (QED) is 0.316. The molecule has 0 unspecified atom stereocenters. The minimum atomic E-state index is -0.529. The molecule has 7 nitrogen and oxygen atoms in total. The van der Waals surface area contributed by atoms with E-state index in [4.69, 9.17) is 16.3 Å². The highest BCUT2D eigenvalue weighted by Gasteiger charge is 2.11. The van der Waals surface area contributed by atoms with E-state index in [0.717, 1.165) is 22.5 Å². The van der Waals surface area contributed by atoms with Gasteiger partial charge in [-0.25, -0.2) is 9.78 Å². The molecule has 0 saturated heterocycles. The summed E-state index contributed by atoms with van der Waals surface area (Å²) in [5, 5.41) is 5.03. The summed E-state index contributed by atoms with van der Waals surface area (Å²) < 4.78 is 8.54. The monoisotopic (exact) mass is 462 g/mol. The summed E-state index contributed by atoms with van der Waals surface area (Å²) >= 11 is 5.92. The van der Waals surface area contributed by atoms with E-state index in [-0.39, 0.29) is 12.2 Å². The molecule has 8 heteroatoms. The molecule has 33 heavy (non-hydrogen) atoms. The second-order valence-electron chi connectivity index (χ2n) is 7.83. The minimum Gasteiger partial charge on any atom is -0.456 e. The molecule has 3 aromatic heterocycles. The van der Waals surface area contributed by atoms with Crippen LogP contribution in [-0.4, -0.2) is 25.1 Å². The number of hydrogen-bond acceptors (Lipinski definition) is 5. The number of rotatable bonds is 6. The molecule has 0 N–H and O–H groups in total. The highest BCUT2D eigenvalue weighted by molar-refractivity contribution is 6.30. The Morgan fingerprint density at radius 1 is 1.12 bits per heavy atom. The molecule has 0 spiro atoms. The zero-order valence-corrected chi connectivity index (χ0v) is 19.3. The fraction of sp³-hybridized carbons (Fsp3) is 0.200. The number of benzene rings is 1. The molecule has 4 rings (SSSR count). The van der Waals surface area contributed by atoms with E-state index in [1.54, 1.807) is 18.2 Å². The Kier molecular flexibility index (Phi) is 6.42. The van der Waals surface area contributed by atoms with Crippen LogP contribution in [0.3, 0.4) is 0 Å². The van der Waals surface area contributed by atoms with Crippen molar-refractivity contribution in [1.82, 2.24) is 19.2 Å². The Morgan fingerprint density at radius 3 is 2.64 bits per heavy atom. The molecule has 0 aliphatic carbocycles. The van der Waals surface area contributed by atoms with Gasteiger partial charge in [0.05, 0.1) is 23.0 Å². The van der Waals surface area contributed by atoms with Crippen molar-refractivity contribution in [3.63, 3.8) is 0 Å². The van der Waals surface area contributed by atoms with E-state index >= 15 is 0 Å². The predicted molar refractivity (Wildman–Crippen MR) is 127 cm³/mol. The van der Waals surface area contributed by atoms with Crippen molar-refractivity contribution >= 4 is 29.3 Å². The van der Waals surface area contributed by atoms with Gasteiger partial charge in [0, 0.05) is 29.6 Å². The van der Waals surface area contributed by atoms with Gasteiger partial charge >= 0.3 is 5.97 Å². The lowest BCUT2D eigenvalue weighted by molar-refractivity contribution is -0.139. The third-order valence-electron chi connectivity index (χ3n) is 5.32. The molecule has 0 aliphatic heterocycles. The predicted octanol–water partition coefficient (Wildman–Crippen LogP) is 4.27. The van der Waals surface area contributed by atoms with Gasteiger partial charge in [-0.3, -0.25) is 13.9 Å². The van der Waals surface area contributed by atoms with Gasteiger partial charge in [-0.2, -0.15) is 5.10 Å². The number of carbonyl (C=O) groups is 1. The molecule has 4 aromatic rings. The molecule has 1 aromatic carbocycles. The van der Waals surface area contributed by atoms with Crippen molar-refractivity contribution in [3.05, 3.63) is 104 Å². The average Bonchev–Trinajstić information content (AvgIpc) is 3.05. The standard InChI is InChI=1S/C25H23ClN4O3/c1-16-4-6-19(7-5-16)13-30-18(3)22(17(2)28-30)9-11-25(32)33-15-21-12-24(31)29-14-20(26)8-10-23(29)27-21/h4-12,14H,13,15H2,1-3H3/b11-9+. The van der Waals surface area contributed by atoms with Crippen LogP contribution in [0.2, 0.25) is 5.02 Å². The van der Waals surface area contributed by atoms with Gasteiger partial charge in [0.25, 0.3) is 5.56 Å². The Labute approximate surface area is 195 Å². The number of aryl methyl sites for hydroxylation is 2. The van der Waals surface area contributed by atoms with Crippen molar-refractivity contribution in [2.75, 3.05) is 0 Å². The normalized spacial score (nSPS) is 11.4. The maximum atomic E-state index is 12.3. The van der Waals surface area contributed by atoms with E-state index in [9.17, 15) is 9.59 Å². The van der Waals surface area contributed by atoms with Crippen molar-refractivity contribution in [1.29, 1.82) is 0 Å². The second kappa shape index (κ2) is 9.42. The highest BCUT2D eigenvalue weighted by atomic mass is 35.5. The number of aromatic nitrogens is 4. The Bertz CT molecular complexity index is 1420. The number of nitrogens with zero attached hydrogens (tertiary/aromatic N) is 4. The van der Waals surface area contributed by atoms with Crippen molar-refractivity contribution in [2.45, 2.75) is 33.9 Å². The smallest absolute Gasteiger partial charge is 0.331 e. The van der Waals surface area contributed by atoms with Gasteiger partial charge in [0.15, 0.2) is 0 Å². The summed E-state index contributed by atoms with van der Waals surface area (Å²) in [5.41, 5.74) is 5.52. The van der Waals surface area contributed by atoms with E-state index in [0.29, 0.717) is 22.9 Å². The van der Waals surface area contributed by atoms with Crippen LogP contribution in [0.5, 0.6) is 0 Å². The molecular weight excluding hydrogens is 440 g/mol. The fourth-order valence-electron chi connectivity index (χ4n) is 3.52. The Balaban J connectivity index is 1.43. The lowest BCUT2D eigenvalue weighted by atomic mass is 10.1. The molecular formula is C25H23ClN4O3. The second-order valence-corrected chi connectivity index (χ2v) is 8.27. The molecule has 0 atom stereocenters. The topological polar surface area (TPSA) is 78.5 Å². The van der Waals surface area contributed by atoms with Gasteiger partial charge in [-0.1, -0.05) is 41.4 Å². The first-order valence-corrected chi connectivity index (χ1v) is 10.8. The van der Waals surface area contributed by atoms with Gasteiger partial charge in [0.1, 0.15) is 12.3 Å². The molecule has 0 radical (unpaired) electrons. The van der Waals surface area contributed by atoms with E-state index in [1.165, 1.54) is 28.3 Å². The average molecular weight is 463 g/mol. The summed E-state index contributed by atoms with van der Waals surface area (Å²) in [4.78, 5) is 28.8. The summed E-state index contributed by atoms with van der Waals surface area (Å²) in [6.45, 7) is 6.47. The van der Waals surface area contributed by atoms with Crippen LogP contribution in [0.25, 0.3) is 11.7 Å². The first-order chi connectivity index (χ1) is 15.8. The van der Waals surface area contributed by atoms with Gasteiger partial charge in [-0.15, -0.1) is 0 Å². The number of carbonyl (C=O) groups excluding carboxylic acids is 1. The number of halogens is 1. The largest absolute Gasteiger partial charge is 0.456 e. The third-order valence-corrected chi connectivity index (χ3v) is 5.54.